The second-order valence-corrected chi connectivity index (χ2v) is 7.99. The molecule has 1 atom stereocenters. The predicted octanol–water partition coefficient (Wildman–Crippen LogP) is 3.04. The van der Waals surface area contributed by atoms with Crippen molar-refractivity contribution >= 4 is 29.1 Å². The molecule has 35 heavy (non-hydrogen) atoms. The zero-order chi connectivity index (χ0) is 25.9. The summed E-state index contributed by atoms with van der Waals surface area (Å²) in [5, 5.41) is 12.7. The Balaban J connectivity index is 1.61. The number of alkyl halides is 3. The Bertz CT molecular complexity index is 1150. The minimum Gasteiger partial charge on any atom is -0.343 e. The lowest BCUT2D eigenvalue weighted by molar-refractivity contribution is -0.387. The van der Waals surface area contributed by atoms with Crippen LogP contribution in [0.25, 0.3) is 0 Å². The molecule has 2 aromatic rings. The maximum atomic E-state index is 13.6. The molecule has 0 spiro atoms. The number of benzene rings is 2. The summed E-state index contributed by atoms with van der Waals surface area (Å²) in [6.45, 7) is -1.38. The van der Waals surface area contributed by atoms with E-state index in [1.165, 1.54) is 47.2 Å². The number of halogens is 4. The van der Waals surface area contributed by atoms with Crippen molar-refractivity contribution in [3.05, 3.63) is 69.5 Å². The smallest absolute Gasteiger partial charge is 0.343 e. The first kappa shape index (κ1) is 25.6. The first-order valence-corrected chi connectivity index (χ1v) is 10.3. The number of hydrogen-bond acceptors (Lipinski definition) is 5. The fraction of sp³-hybridized carbons (Fsp3) is 0.318. The van der Waals surface area contributed by atoms with Gasteiger partial charge in [0.15, 0.2) is 0 Å². The van der Waals surface area contributed by atoms with E-state index in [-0.39, 0.29) is 36.7 Å². The van der Waals surface area contributed by atoms with Crippen LogP contribution in [0.3, 0.4) is 0 Å². The zero-order valence-electron chi connectivity index (χ0n) is 18.3. The molecule has 0 saturated carbocycles. The molecule has 1 saturated heterocycles. The molecule has 0 radical (unpaired) electrons. The van der Waals surface area contributed by atoms with Crippen LogP contribution < -0.4 is 10.2 Å². The van der Waals surface area contributed by atoms with Crippen LogP contribution >= 0.6 is 0 Å². The number of hydrogen-bond donors (Lipinski definition) is 1. The molecule has 1 N–H and O–H groups in total. The van der Waals surface area contributed by atoms with Crippen molar-refractivity contribution in [3.63, 3.8) is 0 Å². The van der Waals surface area contributed by atoms with E-state index in [0.717, 1.165) is 12.1 Å². The van der Waals surface area contributed by atoms with Gasteiger partial charge in [-0.15, -0.1) is 0 Å². The van der Waals surface area contributed by atoms with E-state index in [1.54, 1.807) is 5.32 Å². The summed E-state index contributed by atoms with van der Waals surface area (Å²) in [7, 11) is 1.50. The highest BCUT2D eigenvalue weighted by Gasteiger charge is 2.37. The number of carbonyl (C=O) groups is 3. The Morgan fingerprint density at radius 2 is 1.86 bits per heavy atom. The van der Waals surface area contributed by atoms with Gasteiger partial charge in [-0.2, -0.15) is 17.6 Å². The van der Waals surface area contributed by atoms with Gasteiger partial charge in [0.1, 0.15) is 6.54 Å². The first-order chi connectivity index (χ1) is 16.4. The highest BCUT2D eigenvalue weighted by molar-refractivity contribution is 6.00. The van der Waals surface area contributed by atoms with Gasteiger partial charge in [-0.3, -0.25) is 24.5 Å². The predicted molar refractivity (Wildman–Crippen MR) is 115 cm³/mol. The topological polar surface area (TPSA) is 113 Å². The summed E-state index contributed by atoms with van der Waals surface area (Å²) in [5.74, 6) is -3.47. The number of nitrogens with one attached hydrogen (secondary N) is 1. The minimum atomic E-state index is -4.53. The highest BCUT2D eigenvalue weighted by Crippen LogP contribution is 2.30. The van der Waals surface area contributed by atoms with Crippen LogP contribution in [-0.4, -0.2) is 53.9 Å². The highest BCUT2D eigenvalue weighted by atomic mass is 19.4. The zero-order valence-corrected chi connectivity index (χ0v) is 18.3. The van der Waals surface area contributed by atoms with Gasteiger partial charge in [0.2, 0.25) is 17.6 Å². The largest absolute Gasteiger partial charge is 0.405 e. The maximum absolute atomic E-state index is 13.6. The molecular formula is C22H20F4N4O5. The molecule has 1 aliphatic rings. The summed E-state index contributed by atoms with van der Waals surface area (Å²) >= 11 is 0. The molecule has 186 valence electrons. The lowest BCUT2D eigenvalue weighted by Gasteiger charge is -2.22. The van der Waals surface area contributed by atoms with Gasteiger partial charge in [0.25, 0.3) is 5.91 Å². The average molecular weight is 496 g/mol. The van der Waals surface area contributed by atoms with Gasteiger partial charge >= 0.3 is 11.9 Å². The number of rotatable bonds is 7. The molecule has 0 aliphatic carbocycles. The van der Waals surface area contributed by atoms with Crippen molar-refractivity contribution in [2.45, 2.75) is 19.1 Å². The van der Waals surface area contributed by atoms with E-state index >= 15 is 0 Å². The Hall–Kier alpha value is -4.03. The van der Waals surface area contributed by atoms with E-state index in [9.17, 15) is 42.1 Å². The van der Waals surface area contributed by atoms with E-state index in [0.29, 0.717) is 5.56 Å². The summed E-state index contributed by atoms with van der Waals surface area (Å²) < 4.78 is 50.3. The van der Waals surface area contributed by atoms with E-state index < -0.39 is 46.9 Å². The van der Waals surface area contributed by atoms with Crippen molar-refractivity contribution in [1.29, 1.82) is 0 Å². The number of carbonyl (C=O) groups excluding carboxylic acids is 3. The van der Waals surface area contributed by atoms with Gasteiger partial charge < -0.3 is 15.1 Å². The molecule has 1 unspecified atom stereocenters. The molecule has 1 heterocycles. The van der Waals surface area contributed by atoms with Gasteiger partial charge in [-0.05, 0) is 29.8 Å². The monoisotopic (exact) mass is 496 g/mol. The Morgan fingerprint density at radius 1 is 1.20 bits per heavy atom. The first-order valence-electron chi connectivity index (χ1n) is 10.3. The summed E-state index contributed by atoms with van der Waals surface area (Å²) in [5.41, 5.74) is -0.0425. The van der Waals surface area contributed by atoms with Gasteiger partial charge in [-0.25, -0.2) is 0 Å². The lowest BCUT2D eigenvalue weighted by atomic mass is 10.1. The molecule has 0 bridgehead atoms. The van der Waals surface area contributed by atoms with E-state index in [2.05, 4.69) is 0 Å². The maximum Gasteiger partial charge on any atom is 0.405 e. The molecule has 3 amide bonds. The Morgan fingerprint density at radius 3 is 2.46 bits per heavy atom. The molecule has 3 rings (SSSR count). The van der Waals surface area contributed by atoms with Crippen molar-refractivity contribution in [1.82, 2.24) is 10.2 Å². The second-order valence-electron chi connectivity index (χ2n) is 7.99. The molecular weight excluding hydrogens is 476 g/mol. The van der Waals surface area contributed by atoms with Gasteiger partial charge in [-0.1, -0.05) is 12.1 Å². The Labute approximate surface area is 196 Å². The molecule has 1 aliphatic heterocycles. The fourth-order valence-electron chi connectivity index (χ4n) is 3.64. The van der Waals surface area contributed by atoms with E-state index in [1.807, 2.05) is 0 Å². The van der Waals surface area contributed by atoms with Crippen molar-refractivity contribution in [2.24, 2.45) is 5.92 Å². The molecule has 9 nitrogen and oxygen atoms in total. The van der Waals surface area contributed by atoms with Gasteiger partial charge in [0, 0.05) is 38.2 Å². The lowest BCUT2D eigenvalue weighted by Crippen LogP contribution is -2.34. The molecule has 0 aromatic heterocycles. The third-order valence-electron chi connectivity index (χ3n) is 5.37. The van der Waals surface area contributed by atoms with Crippen molar-refractivity contribution in [2.75, 3.05) is 25.0 Å². The summed E-state index contributed by atoms with van der Waals surface area (Å²) in [6, 6.07) is 8.71. The van der Waals surface area contributed by atoms with Crippen LogP contribution in [0.2, 0.25) is 0 Å². The number of nitro groups is 1. The third-order valence-corrected chi connectivity index (χ3v) is 5.37. The molecule has 13 heteroatoms. The van der Waals surface area contributed by atoms with Crippen LogP contribution in [0.4, 0.5) is 28.9 Å². The minimum absolute atomic E-state index is 0.0254. The average Bonchev–Trinajstić information content (AvgIpc) is 3.18. The Kier molecular flexibility index (Phi) is 7.37. The second kappa shape index (κ2) is 10.1. The van der Waals surface area contributed by atoms with Gasteiger partial charge in [0.05, 0.1) is 16.5 Å². The quantitative estimate of drug-likeness (QED) is 0.360. The number of nitrogens with zero attached hydrogens (tertiary/aromatic N) is 3. The number of nitro benzene ring substituents is 1. The SMILES string of the molecule is CN(Cc1ccc(C(=O)NCC(F)(F)F)cc1)C(=O)C1CC(=O)N(c2ccc(F)c([N+](=O)[O-])c2)C1. The van der Waals surface area contributed by atoms with Crippen molar-refractivity contribution in [3.8, 4) is 0 Å². The third kappa shape index (κ3) is 6.31. The van der Waals surface area contributed by atoms with Crippen LogP contribution in [0, 0.1) is 21.8 Å². The molecule has 1 fully saturated rings. The fourth-order valence-corrected chi connectivity index (χ4v) is 3.64. The summed E-state index contributed by atoms with van der Waals surface area (Å²) in [4.78, 5) is 49.7. The molecule has 2 aromatic carbocycles. The van der Waals surface area contributed by atoms with Crippen LogP contribution in [0.1, 0.15) is 22.3 Å². The van der Waals surface area contributed by atoms with Crippen LogP contribution in [0.15, 0.2) is 42.5 Å². The standard InChI is InChI=1S/C22H20F4N4O5/c1-28(10-13-2-4-14(5-3-13)20(32)27-12-22(24,25)26)21(33)15-8-19(31)29(11-15)16-6-7-17(23)18(9-16)30(34)35/h2-7,9,15H,8,10-12H2,1H3,(H,27,32). The number of amides is 3. The summed E-state index contributed by atoms with van der Waals surface area (Å²) in [6.07, 6.45) is -4.66. The normalized spacial score (nSPS) is 15.7. The van der Waals surface area contributed by atoms with Crippen molar-refractivity contribution < 1.29 is 36.9 Å². The van der Waals surface area contributed by atoms with E-state index in [4.69, 9.17) is 0 Å². The number of anilines is 1. The van der Waals surface area contributed by atoms with Crippen LogP contribution in [-0.2, 0) is 16.1 Å². The van der Waals surface area contributed by atoms with Crippen LogP contribution in [0.5, 0.6) is 0 Å².